The molecule has 0 saturated carbocycles. The van der Waals surface area contributed by atoms with Crippen LogP contribution in [0.25, 0.3) is 0 Å². The molecule has 0 radical (unpaired) electrons. The molecule has 0 heterocycles. The Morgan fingerprint density at radius 2 is 1.48 bits per heavy atom. The maximum absolute atomic E-state index is 12.9. The molecule has 27 heavy (non-hydrogen) atoms. The molecule has 3 aromatic carbocycles. The number of rotatable bonds is 9. The van der Waals surface area contributed by atoms with E-state index in [1.807, 2.05) is 36.4 Å². The third kappa shape index (κ3) is 5.83. The lowest BCUT2D eigenvalue weighted by molar-refractivity contribution is 0.297. The van der Waals surface area contributed by atoms with Crippen molar-refractivity contribution in [3.8, 4) is 11.5 Å². The first-order valence-corrected chi connectivity index (χ1v) is 9.03. The topological polar surface area (TPSA) is 30.5 Å². The molecule has 3 nitrogen and oxygen atoms in total. The predicted molar refractivity (Wildman–Crippen MR) is 106 cm³/mol. The van der Waals surface area contributed by atoms with Gasteiger partial charge in [-0.15, -0.1) is 0 Å². The minimum atomic E-state index is -0.216. The maximum Gasteiger partial charge on any atom is 0.161 e. The Morgan fingerprint density at radius 1 is 0.778 bits per heavy atom. The summed E-state index contributed by atoms with van der Waals surface area (Å²) in [6.45, 7) is 1.97. The summed E-state index contributed by atoms with van der Waals surface area (Å²) >= 11 is 0. The van der Waals surface area contributed by atoms with Gasteiger partial charge in [-0.2, -0.15) is 0 Å². The summed E-state index contributed by atoms with van der Waals surface area (Å²) in [7, 11) is 1.65. The molecule has 4 heteroatoms. The number of halogens is 1. The van der Waals surface area contributed by atoms with Gasteiger partial charge in [-0.3, -0.25) is 0 Å². The number of hydrogen-bond donors (Lipinski definition) is 1. The van der Waals surface area contributed by atoms with E-state index in [1.54, 1.807) is 19.2 Å². The van der Waals surface area contributed by atoms with Crippen molar-refractivity contribution in [2.24, 2.45) is 0 Å². The summed E-state index contributed by atoms with van der Waals surface area (Å²) in [5, 5.41) is 3.35. The van der Waals surface area contributed by atoms with Crippen LogP contribution in [-0.2, 0) is 19.5 Å². The molecule has 0 aliphatic rings. The normalized spacial score (nSPS) is 10.6. The standard InChI is InChI=1S/C23H24FNO2/c1-26-23-15-20(17-25-16-19-7-10-21(24)11-8-19)9-12-22(23)27-14-13-18-5-3-2-4-6-18/h2-12,15,25H,13-14,16-17H2,1H3. The molecule has 0 bridgehead atoms. The SMILES string of the molecule is COc1cc(CNCc2ccc(F)cc2)ccc1OCCc1ccccc1. The second-order valence-electron chi connectivity index (χ2n) is 6.30. The summed E-state index contributed by atoms with van der Waals surface area (Å²) in [6, 6.07) is 22.7. The zero-order chi connectivity index (χ0) is 18.9. The van der Waals surface area contributed by atoms with Crippen molar-refractivity contribution in [2.75, 3.05) is 13.7 Å². The van der Waals surface area contributed by atoms with Crippen molar-refractivity contribution in [3.63, 3.8) is 0 Å². The van der Waals surface area contributed by atoms with Crippen LogP contribution in [0.4, 0.5) is 4.39 Å². The lowest BCUT2D eigenvalue weighted by Gasteiger charge is -2.13. The highest BCUT2D eigenvalue weighted by Gasteiger charge is 2.06. The second-order valence-corrected chi connectivity index (χ2v) is 6.30. The van der Waals surface area contributed by atoms with Gasteiger partial charge >= 0.3 is 0 Å². The summed E-state index contributed by atoms with van der Waals surface area (Å²) in [5.41, 5.74) is 3.40. The molecule has 0 aromatic heterocycles. The van der Waals surface area contributed by atoms with Crippen molar-refractivity contribution < 1.29 is 13.9 Å². The van der Waals surface area contributed by atoms with E-state index in [0.29, 0.717) is 19.7 Å². The first-order valence-electron chi connectivity index (χ1n) is 9.03. The Bertz CT molecular complexity index is 835. The van der Waals surface area contributed by atoms with Gasteiger partial charge < -0.3 is 14.8 Å². The van der Waals surface area contributed by atoms with E-state index in [4.69, 9.17) is 9.47 Å². The highest BCUT2D eigenvalue weighted by Crippen LogP contribution is 2.28. The predicted octanol–water partition coefficient (Wildman–Crippen LogP) is 4.75. The van der Waals surface area contributed by atoms with Gasteiger partial charge in [0.15, 0.2) is 11.5 Å². The van der Waals surface area contributed by atoms with E-state index >= 15 is 0 Å². The molecule has 3 aromatic rings. The highest BCUT2D eigenvalue weighted by molar-refractivity contribution is 5.43. The number of hydrogen-bond acceptors (Lipinski definition) is 3. The van der Waals surface area contributed by atoms with Crippen LogP contribution in [0.1, 0.15) is 16.7 Å². The fourth-order valence-corrected chi connectivity index (χ4v) is 2.82. The Morgan fingerprint density at radius 3 is 2.22 bits per heavy atom. The van der Waals surface area contributed by atoms with Gasteiger partial charge in [0.2, 0.25) is 0 Å². The third-order valence-corrected chi connectivity index (χ3v) is 4.29. The average Bonchev–Trinajstić information content (AvgIpc) is 2.71. The smallest absolute Gasteiger partial charge is 0.161 e. The molecule has 0 spiro atoms. The minimum absolute atomic E-state index is 0.216. The van der Waals surface area contributed by atoms with Gasteiger partial charge in [0.25, 0.3) is 0 Å². The van der Waals surface area contributed by atoms with Crippen LogP contribution >= 0.6 is 0 Å². The van der Waals surface area contributed by atoms with Crippen LogP contribution in [0, 0.1) is 5.82 Å². The lowest BCUT2D eigenvalue weighted by atomic mass is 10.1. The van der Waals surface area contributed by atoms with Crippen molar-refractivity contribution in [3.05, 3.63) is 95.3 Å². The molecule has 0 atom stereocenters. The van der Waals surface area contributed by atoms with Crippen LogP contribution < -0.4 is 14.8 Å². The zero-order valence-corrected chi connectivity index (χ0v) is 15.5. The van der Waals surface area contributed by atoms with Crippen LogP contribution in [-0.4, -0.2) is 13.7 Å². The Kier molecular flexibility index (Phi) is 6.83. The average molecular weight is 365 g/mol. The summed E-state index contributed by atoms with van der Waals surface area (Å²) in [6.07, 6.45) is 0.852. The van der Waals surface area contributed by atoms with Crippen LogP contribution in [0.2, 0.25) is 0 Å². The first-order chi connectivity index (χ1) is 13.2. The van der Waals surface area contributed by atoms with Crippen molar-refractivity contribution in [1.82, 2.24) is 5.32 Å². The van der Waals surface area contributed by atoms with E-state index in [2.05, 4.69) is 17.4 Å². The monoisotopic (exact) mass is 365 g/mol. The molecule has 1 N–H and O–H groups in total. The molecular weight excluding hydrogens is 341 g/mol. The zero-order valence-electron chi connectivity index (χ0n) is 15.5. The fourth-order valence-electron chi connectivity index (χ4n) is 2.82. The van der Waals surface area contributed by atoms with Gasteiger partial charge in [-0.05, 0) is 41.0 Å². The van der Waals surface area contributed by atoms with Gasteiger partial charge in [0.1, 0.15) is 5.82 Å². The van der Waals surface area contributed by atoms with Crippen molar-refractivity contribution in [2.45, 2.75) is 19.5 Å². The van der Waals surface area contributed by atoms with E-state index in [9.17, 15) is 4.39 Å². The van der Waals surface area contributed by atoms with Gasteiger partial charge in [-0.25, -0.2) is 4.39 Å². The van der Waals surface area contributed by atoms with Crippen LogP contribution in [0.5, 0.6) is 11.5 Å². The van der Waals surface area contributed by atoms with Gasteiger partial charge in [-0.1, -0.05) is 48.5 Å². The number of methoxy groups -OCH3 is 1. The number of benzene rings is 3. The third-order valence-electron chi connectivity index (χ3n) is 4.29. The first kappa shape index (κ1) is 18.9. The highest BCUT2D eigenvalue weighted by atomic mass is 19.1. The summed E-state index contributed by atoms with van der Waals surface area (Å²) in [5.74, 6) is 1.26. The van der Waals surface area contributed by atoms with Crippen molar-refractivity contribution >= 4 is 0 Å². The number of ether oxygens (including phenoxy) is 2. The molecular formula is C23H24FNO2. The molecule has 140 valence electrons. The molecule has 0 unspecified atom stereocenters. The van der Waals surface area contributed by atoms with E-state index in [0.717, 1.165) is 29.0 Å². The van der Waals surface area contributed by atoms with Gasteiger partial charge in [0.05, 0.1) is 13.7 Å². The van der Waals surface area contributed by atoms with Crippen LogP contribution in [0.3, 0.4) is 0 Å². The molecule has 0 amide bonds. The number of nitrogens with one attached hydrogen (secondary N) is 1. The van der Waals surface area contributed by atoms with Gasteiger partial charge in [0, 0.05) is 19.5 Å². The van der Waals surface area contributed by atoms with Crippen molar-refractivity contribution in [1.29, 1.82) is 0 Å². The van der Waals surface area contributed by atoms with E-state index < -0.39 is 0 Å². The second kappa shape index (κ2) is 9.74. The quantitative estimate of drug-likeness (QED) is 0.594. The Labute approximate surface area is 159 Å². The lowest BCUT2D eigenvalue weighted by Crippen LogP contribution is -2.12. The fraction of sp³-hybridized carbons (Fsp3) is 0.217. The molecule has 3 rings (SSSR count). The van der Waals surface area contributed by atoms with E-state index in [1.165, 1.54) is 17.7 Å². The molecule has 0 aliphatic carbocycles. The van der Waals surface area contributed by atoms with E-state index in [-0.39, 0.29) is 5.82 Å². The summed E-state index contributed by atoms with van der Waals surface area (Å²) in [4.78, 5) is 0. The molecule has 0 aliphatic heterocycles. The Hall–Kier alpha value is -2.85. The molecule has 0 fully saturated rings. The largest absolute Gasteiger partial charge is 0.493 e. The maximum atomic E-state index is 12.9. The summed E-state index contributed by atoms with van der Waals surface area (Å²) < 4.78 is 24.3. The minimum Gasteiger partial charge on any atom is -0.493 e. The van der Waals surface area contributed by atoms with Crippen LogP contribution in [0.15, 0.2) is 72.8 Å². The molecule has 0 saturated heterocycles. The Balaban J connectivity index is 1.51.